The molecule has 21 heavy (non-hydrogen) atoms. The molecule has 0 radical (unpaired) electrons. The minimum absolute atomic E-state index is 0.449. The van der Waals surface area contributed by atoms with Crippen LogP contribution in [0.5, 0.6) is 0 Å². The molecule has 4 N–H and O–H groups in total. The standard InChI is InChI=1S/C15H16N4O2/c1-19(2)10-5-3-4-9(6-10)17-12-8-13-14(7-11(12)16)21-15(20)18-13/h3-8,17H,16H2,1-2H3,(H,18,20). The van der Waals surface area contributed by atoms with Crippen LogP contribution >= 0.6 is 0 Å². The summed E-state index contributed by atoms with van der Waals surface area (Å²) in [4.78, 5) is 15.8. The molecule has 0 bridgehead atoms. The van der Waals surface area contributed by atoms with Crippen molar-refractivity contribution < 1.29 is 4.42 Å². The third kappa shape index (κ3) is 2.55. The first-order valence-corrected chi connectivity index (χ1v) is 6.50. The number of nitrogens with zero attached hydrogens (tertiary/aromatic N) is 1. The van der Waals surface area contributed by atoms with E-state index in [-0.39, 0.29) is 0 Å². The van der Waals surface area contributed by atoms with Crippen molar-refractivity contribution in [3.8, 4) is 0 Å². The Morgan fingerprint density at radius 1 is 1.24 bits per heavy atom. The zero-order valence-electron chi connectivity index (χ0n) is 11.8. The van der Waals surface area contributed by atoms with E-state index in [9.17, 15) is 4.79 Å². The second kappa shape index (κ2) is 4.90. The number of aromatic nitrogens is 1. The lowest BCUT2D eigenvalue weighted by atomic mass is 10.2. The van der Waals surface area contributed by atoms with Crippen molar-refractivity contribution in [2.45, 2.75) is 0 Å². The zero-order valence-corrected chi connectivity index (χ0v) is 11.8. The van der Waals surface area contributed by atoms with Gasteiger partial charge < -0.3 is 20.4 Å². The highest BCUT2D eigenvalue weighted by Gasteiger charge is 2.07. The van der Waals surface area contributed by atoms with Crippen LogP contribution in [0, 0.1) is 0 Å². The van der Waals surface area contributed by atoms with E-state index < -0.39 is 5.76 Å². The summed E-state index contributed by atoms with van der Waals surface area (Å²) in [6, 6.07) is 11.3. The molecule has 0 unspecified atom stereocenters. The molecule has 0 saturated heterocycles. The fraction of sp³-hybridized carbons (Fsp3) is 0.133. The Morgan fingerprint density at radius 3 is 2.81 bits per heavy atom. The van der Waals surface area contributed by atoms with Gasteiger partial charge in [0.1, 0.15) is 0 Å². The minimum Gasteiger partial charge on any atom is -0.408 e. The summed E-state index contributed by atoms with van der Waals surface area (Å²) in [5, 5.41) is 3.25. The van der Waals surface area contributed by atoms with E-state index in [2.05, 4.69) is 10.3 Å². The van der Waals surface area contributed by atoms with Gasteiger partial charge in [-0.05, 0) is 24.3 Å². The van der Waals surface area contributed by atoms with E-state index in [1.807, 2.05) is 43.3 Å². The molecular weight excluding hydrogens is 268 g/mol. The van der Waals surface area contributed by atoms with E-state index in [0.29, 0.717) is 16.8 Å². The molecule has 0 aliphatic carbocycles. The van der Waals surface area contributed by atoms with Crippen LogP contribution in [0.25, 0.3) is 11.1 Å². The summed E-state index contributed by atoms with van der Waals surface area (Å²) >= 11 is 0. The number of aromatic amines is 1. The lowest BCUT2D eigenvalue weighted by Crippen LogP contribution is -2.08. The van der Waals surface area contributed by atoms with Crippen molar-refractivity contribution in [2.24, 2.45) is 0 Å². The Morgan fingerprint density at radius 2 is 2.05 bits per heavy atom. The number of hydrogen-bond acceptors (Lipinski definition) is 5. The van der Waals surface area contributed by atoms with Crippen molar-refractivity contribution in [3.63, 3.8) is 0 Å². The molecule has 0 aliphatic heterocycles. The summed E-state index contributed by atoms with van der Waals surface area (Å²) < 4.78 is 4.98. The number of nitrogens with two attached hydrogens (primary N) is 1. The van der Waals surface area contributed by atoms with Crippen molar-refractivity contribution in [1.29, 1.82) is 0 Å². The molecule has 0 saturated carbocycles. The van der Waals surface area contributed by atoms with Gasteiger partial charge in [0.2, 0.25) is 0 Å². The summed E-state index contributed by atoms with van der Waals surface area (Å²) in [6.07, 6.45) is 0. The van der Waals surface area contributed by atoms with Gasteiger partial charge in [0.15, 0.2) is 5.58 Å². The first-order valence-electron chi connectivity index (χ1n) is 6.50. The van der Waals surface area contributed by atoms with Crippen LogP contribution in [0.2, 0.25) is 0 Å². The van der Waals surface area contributed by atoms with Gasteiger partial charge in [0.05, 0.1) is 16.9 Å². The lowest BCUT2D eigenvalue weighted by molar-refractivity contribution is 0.555. The van der Waals surface area contributed by atoms with Crippen LogP contribution in [0.3, 0.4) is 0 Å². The summed E-state index contributed by atoms with van der Waals surface area (Å²) in [7, 11) is 3.96. The second-order valence-electron chi connectivity index (χ2n) is 5.02. The van der Waals surface area contributed by atoms with Crippen LogP contribution < -0.4 is 21.7 Å². The molecule has 3 aromatic rings. The lowest BCUT2D eigenvalue weighted by Gasteiger charge is -2.15. The number of H-pyrrole nitrogens is 1. The average Bonchev–Trinajstić information content (AvgIpc) is 2.78. The number of nitrogen functional groups attached to an aromatic ring is 1. The van der Waals surface area contributed by atoms with Crippen LogP contribution in [0.4, 0.5) is 22.7 Å². The van der Waals surface area contributed by atoms with Gasteiger partial charge in [-0.15, -0.1) is 0 Å². The van der Waals surface area contributed by atoms with Gasteiger partial charge in [-0.3, -0.25) is 4.98 Å². The van der Waals surface area contributed by atoms with Crippen LogP contribution in [-0.2, 0) is 0 Å². The molecule has 0 amide bonds. The van der Waals surface area contributed by atoms with Gasteiger partial charge in [0.25, 0.3) is 0 Å². The monoisotopic (exact) mass is 284 g/mol. The topological polar surface area (TPSA) is 87.3 Å². The van der Waals surface area contributed by atoms with Gasteiger partial charge in [-0.25, -0.2) is 4.79 Å². The number of benzene rings is 2. The Balaban J connectivity index is 1.99. The molecule has 3 rings (SSSR count). The zero-order chi connectivity index (χ0) is 15.0. The fourth-order valence-electron chi connectivity index (χ4n) is 2.14. The van der Waals surface area contributed by atoms with Gasteiger partial charge in [-0.2, -0.15) is 0 Å². The second-order valence-corrected chi connectivity index (χ2v) is 5.02. The number of nitrogens with one attached hydrogen (secondary N) is 2. The van der Waals surface area contributed by atoms with E-state index >= 15 is 0 Å². The Kier molecular flexibility index (Phi) is 3.06. The highest BCUT2D eigenvalue weighted by molar-refractivity contribution is 5.87. The maximum absolute atomic E-state index is 11.2. The number of anilines is 4. The van der Waals surface area contributed by atoms with Gasteiger partial charge in [-0.1, -0.05) is 6.07 Å². The number of rotatable bonds is 3. The van der Waals surface area contributed by atoms with Crippen LogP contribution in [0.1, 0.15) is 0 Å². The Hall–Kier alpha value is -2.89. The van der Waals surface area contributed by atoms with Crippen molar-refractivity contribution in [3.05, 3.63) is 46.9 Å². The van der Waals surface area contributed by atoms with E-state index in [1.54, 1.807) is 12.1 Å². The minimum atomic E-state index is -0.490. The molecular formula is C15H16N4O2. The highest BCUT2D eigenvalue weighted by Crippen LogP contribution is 2.28. The number of hydrogen-bond donors (Lipinski definition) is 3. The fourth-order valence-corrected chi connectivity index (χ4v) is 2.14. The molecule has 0 fully saturated rings. The smallest absolute Gasteiger partial charge is 0.408 e. The predicted molar refractivity (Wildman–Crippen MR) is 85.3 cm³/mol. The summed E-state index contributed by atoms with van der Waals surface area (Å²) in [5.74, 6) is -0.490. The molecule has 6 heteroatoms. The van der Waals surface area contributed by atoms with Crippen molar-refractivity contribution >= 4 is 33.8 Å². The Labute approximate surface area is 121 Å². The first-order chi connectivity index (χ1) is 10.0. The van der Waals surface area contributed by atoms with E-state index in [4.69, 9.17) is 10.2 Å². The molecule has 2 aromatic carbocycles. The molecule has 0 spiro atoms. The maximum atomic E-state index is 11.2. The van der Waals surface area contributed by atoms with Crippen LogP contribution in [0.15, 0.2) is 45.6 Å². The van der Waals surface area contributed by atoms with Gasteiger partial charge >= 0.3 is 5.76 Å². The predicted octanol–water partition coefficient (Wildman–Crippen LogP) is 2.51. The average molecular weight is 284 g/mol. The van der Waals surface area contributed by atoms with Crippen molar-refractivity contribution in [2.75, 3.05) is 30.0 Å². The third-order valence-corrected chi connectivity index (χ3v) is 3.23. The molecule has 0 aliphatic rings. The summed E-state index contributed by atoms with van der Waals surface area (Å²) in [6.45, 7) is 0. The molecule has 1 heterocycles. The number of oxazole rings is 1. The highest BCUT2D eigenvalue weighted by atomic mass is 16.4. The van der Waals surface area contributed by atoms with E-state index in [0.717, 1.165) is 17.1 Å². The maximum Gasteiger partial charge on any atom is 0.417 e. The van der Waals surface area contributed by atoms with E-state index in [1.165, 1.54) is 0 Å². The van der Waals surface area contributed by atoms with Crippen LogP contribution in [-0.4, -0.2) is 19.1 Å². The van der Waals surface area contributed by atoms with Gasteiger partial charge in [0, 0.05) is 31.5 Å². The third-order valence-electron chi connectivity index (χ3n) is 3.23. The first kappa shape index (κ1) is 13.1. The summed E-state index contributed by atoms with van der Waals surface area (Å²) in [5.41, 5.74) is 10.3. The number of fused-ring (bicyclic) bond motifs is 1. The Bertz CT molecular complexity index is 848. The molecule has 0 atom stereocenters. The molecule has 1 aromatic heterocycles. The van der Waals surface area contributed by atoms with Crippen molar-refractivity contribution in [1.82, 2.24) is 4.98 Å². The normalized spacial score (nSPS) is 10.8. The molecule has 6 nitrogen and oxygen atoms in total. The SMILES string of the molecule is CN(C)c1cccc(Nc2cc3[nH]c(=O)oc3cc2N)c1. The largest absolute Gasteiger partial charge is 0.417 e. The quantitative estimate of drug-likeness (QED) is 0.643. The molecule has 108 valence electrons.